The van der Waals surface area contributed by atoms with Gasteiger partial charge in [-0.05, 0) is 38.1 Å². The SMILES string of the molecule is C=CC(=O)Nc1cc(Nc2ncc(Cl)c(Nc3ccccc3C#N)n2)c(OC)cc1N1CCN(C(C)C)CC1. The van der Waals surface area contributed by atoms with Gasteiger partial charge in [0.25, 0.3) is 0 Å². The summed E-state index contributed by atoms with van der Waals surface area (Å²) in [6.45, 7) is 11.4. The van der Waals surface area contributed by atoms with Crippen molar-refractivity contribution in [1.29, 1.82) is 5.26 Å². The maximum atomic E-state index is 12.3. The molecule has 1 aromatic heterocycles. The smallest absolute Gasteiger partial charge is 0.247 e. The molecule has 0 saturated carbocycles. The van der Waals surface area contributed by atoms with Crippen molar-refractivity contribution >= 4 is 52.0 Å². The van der Waals surface area contributed by atoms with Crippen LogP contribution in [0.2, 0.25) is 5.02 Å². The minimum atomic E-state index is -0.321. The predicted octanol–water partition coefficient (Wildman–Crippen LogP) is 5.15. The maximum Gasteiger partial charge on any atom is 0.247 e. The lowest BCUT2D eigenvalue weighted by atomic mass is 10.1. The van der Waals surface area contributed by atoms with Gasteiger partial charge in [-0.25, -0.2) is 4.98 Å². The highest BCUT2D eigenvalue weighted by molar-refractivity contribution is 6.33. The number of nitriles is 1. The first-order valence-electron chi connectivity index (χ1n) is 12.5. The third-order valence-corrected chi connectivity index (χ3v) is 6.71. The summed E-state index contributed by atoms with van der Waals surface area (Å²) >= 11 is 6.35. The van der Waals surface area contributed by atoms with Crippen LogP contribution >= 0.6 is 11.6 Å². The Hall–Kier alpha value is -4.33. The highest BCUT2D eigenvalue weighted by atomic mass is 35.5. The van der Waals surface area contributed by atoms with E-state index in [0.717, 1.165) is 31.9 Å². The molecule has 0 bridgehead atoms. The molecule has 1 amide bonds. The highest BCUT2D eigenvalue weighted by Crippen LogP contribution is 2.39. The average Bonchev–Trinajstić information content (AvgIpc) is 2.95. The summed E-state index contributed by atoms with van der Waals surface area (Å²) in [7, 11) is 1.58. The van der Waals surface area contributed by atoms with E-state index in [1.165, 1.54) is 12.3 Å². The summed E-state index contributed by atoms with van der Waals surface area (Å²) in [5.74, 6) is 0.805. The number of nitrogens with zero attached hydrogens (tertiary/aromatic N) is 5. The number of hydrogen-bond donors (Lipinski definition) is 3. The Morgan fingerprint density at radius 2 is 1.90 bits per heavy atom. The number of rotatable bonds is 9. The van der Waals surface area contributed by atoms with Crippen molar-refractivity contribution in [2.45, 2.75) is 19.9 Å². The Labute approximate surface area is 233 Å². The lowest BCUT2D eigenvalue weighted by Crippen LogP contribution is -2.49. The molecule has 0 aliphatic carbocycles. The number of amides is 1. The van der Waals surface area contributed by atoms with Crippen LogP contribution in [0.1, 0.15) is 19.4 Å². The van der Waals surface area contributed by atoms with Gasteiger partial charge in [-0.15, -0.1) is 0 Å². The third kappa shape index (κ3) is 6.57. The second kappa shape index (κ2) is 12.5. The fourth-order valence-electron chi connectivity index (χ4n) is 4.31. The molecule has 202 valence electrons. The van der Waals surface area contributed by atoms with Gasteiger partial charge in [-0.1, -0.05) is 30.3 Å². The first-order chi connectivity index (χ1) is 18.8. The van der Waals surface area contributed by atoms with Crippen LogP contribution in [-0.2, 0) is 4.79 Å². The summed E-state index contributed by atoms with van der Waals surface area (Å²) in [6, 6.07) is 13.4. The van der Waals surface area contributed by atoms with E-state index >= 15 is 0 Å². The fraction of sp³-hybridized carbons (Fsp3) is 0.286. The quantitative estimate of drug-likeness (QED) is 0.313. The molecule has 1 fully saturated rings. The van der Waals surface area contributed by atoms with Gasteiger partial charge in [0.1, 0.15) is 16.8 Å². The molecular formula is C28H31ClN8O2. The van der Waals surface area contributed by atoms with Crippen molar-refractivity contribution in [2.24, 2.45) is 0 Å². The van der Waals surface area contributed by atoms with Crippen LogP contribution in [0, 0.1) is 11.3 Å². The van der Waals surface area contributed by atoms with Crippen molar-refractivity contribution in [2.75, 3.05) is 54.1 Å². The number of piperazine rings is 1. The fourth-order valence-corrected chi connectivity index (χ4v) is 4.45. The van der Waals surface area contributed by atoms with Crippen LogP contribution in [0.4, 0.5) is 34.5 Å². The van der Waals surface area contributed by atoms with Crippen LogP contribution in [0.3, 0.4) is 0 Å². The summed E-state index contributed by atoms with van der Waals surface area (Å²) in [5.41, 5.74) is 3.03. The van der Waals surface area contributed by atoms with E-state index in [4.69, 9.17) is 16.3 Å². The highest BCUT2D eigenvalue weighted by Gasteiger charge is 2.23. The summed E-state index contributed by atoms with van der Waals surface area (Å²) < 4.78 is 5.71. The number of aromatic nitrogens is 2. The molecule has 3 aromatic rings. The van der Waals surface area contributed by atoms with Gasteiger partial charge in [0.2, 0.25) is 11.9 Å². The Morgan fingerprint density at radius 1 is 1.15 bits per heavy atom. The number of halogens is 1. The van der Waals surface area contributed by atoms with Crippen LogP contribution in [0.25, 0.3) is 0 Å². The molecule has 11 heteroatoms. The molecule has 0 atom stereocenters. The Morgan fingerprint density at radius 3 is 2.56 bits per heavy atom. The molecule has 0 unspecified atom stereocenters. The van der Waals surface area contributed by atoms with E-state index in [9.17, 15) is 10.1 Å². The van der Waals surface area contributed by atoms with Crippen molar-refractivity contribution < 1.29 is 9.53 Å². The number of para-hydroxylation sites is 1. The van der Waals surface area contributed by atoms with E-state index < -0.39 is 0 Å². The topological polar surface area (TPSA) is 118 Å². The summed E-state index contributed by atoms with van der Waals surface area (Å²) in [4.78, 5) is 25.8. The van der Waals surface area contributed by atoms with Crippen LogP contribution < -0.4 is 25.6 Å². The molecule has 0 spiro atoms. The summed E-state index contributed by atoms with van der Waals surface area (Å²) in [5, 5.41) is 18.9. The lowest BCUT2D eigenvalue weighted by molar-refractivity contribution is -0.111. The Bertz CT molecular complexity index is 1400. The number of anilines is 6. The Balaban J connectivity index is 1.65. The predicted molar refractivity (Wildman–Crippen MR) is 156 cm³/mol. The number of ether oxygens (including phenoxy) is 1. The second-order valence-electron chi connectivity index (χ2n) is 9.18. The standard InChI is InChI=1S/C28H31ClN8O2/c1-5-26(38)32-22-14-23(25(39-4)15-24(22)37-12-10-36(11-13-37)18(2)3)34-28-31-17-20(29)27(35-28)33-21-9-7-6-8-19(21)16-30/h5-9,14-15,17-18H,1,10-13H2,2-4H3,(H,32,38)(H2,31,33,34,35). The van der Waals surface area contributed by atoms with Crippen molar-refractivity contribution in [1.82, 2.24) is 14.9 Å². The molecule has 1 aliphatic rings. The molecule has 1 saturated heterocycles. The largest absolute Gasteiger partial charge is 0.494 e. The van der Waals surface area contributed by atoms with Crippen LogP contribution in [0.15, 0.2) is 55.3 Å². The van der Waals surface area contributed by atoms with E-state index in [1.54, 1.807) is 31.4 Å². The van der Waals surface area contributed by atoms with Gasteiger partial charge in [-0.3, -0.25) is 9.69 Å². The minimum absolute atomic E-state index is 0.244. The molecule has 10 nitrogen and oxygen atoms in total. The van der Waals surface area contributed by atoms with Crippen LogP contribution in [0.5, 0.6) is 5.75 Å². The van der Waals surface area contributed by atoms with Crippen molar-refractivity contribution in [3.63, 3.8) is 0 Å². The van der Waals surface area contributed by atoms with Gasteiger partial charge in [0, 0.05) is 38.3 Å². The number of hydrogen-bond acceptors (Lipinski definition) is 9. The normalized spacial score (nSPS) is 13.5. The zero-order valence-corrected chi connectivity index (χ0v) is 22.9. The molecule has 39 heavy (non-hydrogen) atoms. The van der Waals surface area contributed by atoms with Gasteiger partial charge in [0.05, 0.1) is 41.6 Å². The lowest BCUT2D eigenvalue weighted by Gasteiger charge is -2.39. The van der Waals surface area contributed by atoms with Crippen molar-refractivity contribution in [3.8, 4) is 11.8 Å². The summed E-state index contributed by atoms with van der Waals surface area (Å²) in [6.07, 6.45) is 2.70. The van der Waals surface area contributed by atoms with E-state index in [0.29, 0.717) is 40.2 Å². The number of nitrogens with one attached hydrogen (secondary N) is 3. The van der Waals surface area contributed by atoms with Gasteiger partial charge >= 0.3 is 0 Å². The van der Waals surface area contributed by atoms with E-state index in [1.807, 2.05) is 12.1 Å². The zero-order chi connectivity index (χ0) is 27.9. The first-order valence-corrected chi connectivity index (χ1v) is 12.9. The number of benzene rings is 2. The molecule has 3 N–H and O–H groups in total. The zero-order valence-electron chi connectivity index (χ0n) is 22.2. The first kappa shape index (κ1) is 27.7. The maximum absolute atomic E-state index is 12.3. The van der Waals surface area contributed by atoms with Crippen LogP contribution in [-0.4, -0.2) is 60.1 Å². The third-order valence-electron chi connectivity index (χ3n) is 6.44. The molecule has 4 rings (SSSR count). The number of carbonyl (C=O) groups excluding carboxylic acids is 1. The number of methoxy groups -OCH3 is 1. The monoisotopic (exact) mass is 546 g/mol. The molecule has 1 aliphatic heterocycles. The average molecular weight is 547 g/mol. The molecule has 2 heterocycles. The van der Waals surface area contributed by atoms with Gasteiger partial charge < -0.3 is 25.6 Å². The van der Waals surface area contributed by atoms with Gasteiger partial charge in [-0.2, -0.15) is 10.2 Å². The number of carbonyl (C=O) groups is 1. The minimum Gasteiger partial charge on any atom is -0.494 e. The molecule has 0 radical (unpaired) electrons. The van der Waals surface area contributed by atoms with Crippen molar-refractivity contribution in [3.05, 3.63) is 65.8 Å². The second-order valence-corrected chi connectivity index (χ2v) is 9.58. The Kier molecular flexibility index (Phi) is 8.86. The van der Waals surface area contributed by atoms with E-state index in [-0.39, 0.29) is 16.9 Å². The van der Waals surface area contributed by atoms with Gasteiger partial charge in [0.15, 0.2) is 5.82 Å². The molecular weight excluding hydrogens is 516 g/mol. The molecule has 2 aromatic carbocycles. The van der Waals surface area contributed by atoms with E-state index in [2.05, 4.69) is 62.2 Å².